The van der Waals surface area contributed by atoms with E-state index in [-0.39, 0.29) is 5.82 Å². The molecule has 96 valence electrons. The molecular formula is C13H14BrFN2O. The van der Waals surface area contributed by atoms with Gasteiger partial charge in [-0.1, -0.05) is 22.9 Å². The SMILES string of the molecule is CCNCCc1ncc(-c2cc(F)cc(Br)c2)o1. The highest BCUT2D eigenvalue weighted by Gasteiger charge is 2.08. The van der Waals surface area contributed by atoms with Crippen LogP contribution in [0, 0.1) is 5.82 Å². The molecule has 0 saturated heterocycles. The summed E-state index contributed by atoms with van der Waals surface area (Å²) in [5.41, 5.74) is 0.684. The molecule has 3 nitrogen and oxygen atoms in total. The third-order valence-electron chi connectivity index (χ3n) is 2.47. The van der Waals surface area contributed by atoms with Crippen LogP contribution in [0.5, 0.6) is 0 Å². The van der Waals surface area contributed by atoms with E-state index >= 15 is 0 Å². The van der Waals surface area contributed by atoms with Gasteiger partial charge < -0.3 is 9.73 Å². The second kappa shape index (κ2) is 6.11. The molecule has 0 spiro atoms. The van der Waals surface area contributed by atoms with Gasteiger partial charge in [0.05, 0.1) is 6.20 Å². The average molecular weight is 313 g/mol. The van der Waals surface area contributed by atoms with Crippen LogP contribution in [0.2, 0.25) is 0 Å². The predicted molar refractivity (Wildman–Crippen MR) is 71.8 cm³/mol. The first-order valence-electron chi connectivity index (χ1n) is 5.81. The van der Waals surface area contributed by atoms with Gasteiger partial charge in [-0.05, 0) is 24.7 Å². The third-order valence-corrected chi connectivity index (χ3v) is 2.92. The summed E-state index contributed by atoms with van der Waals surface area (Å²) in [6, 6.07) is 4.64. The van der Waals surface area contributed by atoms with Crippen LogP contribution >= 0.6 is 15.9 Å². The number of halogens is 2. The minimum atomic E-state index is -0.301. The highest BCUT2D eigenvalue weighted by atomic mass is 79.9. The lowest BCUT2D eigenvalue weighted by atomic mass is 10.2. The number of oxazole rings is 1. The Labute approximate surface area is 114 Å². The van der Waals surface area contributed by atoms with Crippen molar-refractivity contribution in [3.8, 4) is 11.3 Å². The second-order valence-corrected chi connectivity index (χ2v) is 4.80. The Morgan fingerprint density at radius 1 is 1.39 bits per heavy atom. The van der Waals surface area contributed by atoms with Gasteiger partial charge in [0.15, 0.2) is 11.7 Å². The summed E-state index contributed by atoms with van der Waals surface area (Å²) in [5, 5.41) is 3.20. The van der Waals surface area contributed by atoms with Gasteiger partial charge in [0.25, 0.3) is 0 Å². The van der Waals surface area contributed by atoms with Crippen molar-refractivity contribution in [1.29, 1.82) is 0 Å². The summed E-state index contributed by atoms with van der Waals surface area (Å²) in [4.78, 5) is 4.18. The molecule has 0 aliphatic heterocycles. The summed E-state index contributed by atoms with van der Waals surface area (Å²) in [7, 11) is 0. The molecule has 1 aromatic heterocycles. The molecule has 1 N–H and O–H groups in total. The maximum Gasteiger partial charge on any atom is 0.196 e. The van der Waals surface area contributed by atoms with E-state index < -0.39 is 0 Å². The van der Waals surface area contributed by atoms with Gasteiger partial charge >= 0.3 is 0 Å². The van der Waals surface area contributed by atoms with E-state index in [4.69, 9.17) is 4.42 Å². The number of nitrogens with one attached hydrogen (secondary N) is 1. The number of benzene rings is 1. The molecule has 0 unspecified atom stereocenters. The molecule has 0 radical (unpaired) electrons. The fourth-order valence-corrected chi connectivity index (χ4v) is 2.09. The molecule has 0 aliphatic rings. The van der Waals surface area contributed by atoms with E-state index in [1.807, 2.05) is 6.92 Å². The van der Waals surface area contributed by atoms with Gasteiger partial charge in [-0.15, -0.1) is 0 Å². The van der Waals surface area contributed by atoms with Crippen LogP contribution in [-0.4, -0.2) is 18.1 Å². The lowest BCUT2D eigenvalue weighted by Crippen LogP contribution is -2.16. The van der Waals surface area contributed by atoms with E-state index in [1.54, 1.807) is 12.3 Å². The summed E-state index contributed by atoms with van der Waals surface area (Å²) >= 11 is 3.26. The van der Waals surface area contributed by atoms with Crippen LogP contribution in [0.3, 0.4) is 0 Å². The smallest absolute Gasteiger partial charge is 0.196 e. The topological polar surface area (TPSA) is 38.1 Å². The van der Waals surface area contributed by atoms with Gasteiger partial charge in [-0.2, -0.15) is 0 Å². The Morgan fingerprint density at radius 2 is 2.22 bits per heavy atom. The third kappa shape index (κ3) is 3.40. The summed E-state index contributed by atoms with van der Waals surface area (Å²) in [6.45, 7) is 3.79. The normalized spacial score (nSPS) is 10.8. The van der Waals surface area contributed by atoms with Crippen molar-refractivity contribution in [2.75, 3.05) is 13.1 Å². The zero-order chi connectivity index (χ0) is 13.0. The van der Waals surface area contributed by atoms with Gasteiger partial charge in [0.2, 0.25) is 0 Å². The quantitative estimate of drug-likeness (QED) is 0.860. The van der Waals surface area contributed by atoms with Crippen molar-refractivity contribution in [3.05, 3.63) is 40.6 Å². The minimum Gasteiger partial charge on any atom is -0.441 e. The maximum atomic E-state index is 13.3. The molecule has 18 heavy (non-hydrogen) atoms. The van der Waals surface area contributed by atoms with E-state index in [2.05, 4.69) is 26.2 Å². The van der Waals surface area contributed by atoms with Crippen molar-refractivity contribution < 1.29 is 8.81 Å². The molecule has 1 aromatic carbocycles. The van der Waals surface area contributed by atoms with Crippen LogP contribution in [-0.2, 0) is 6.42 Å². The second-order valence-electron chi connectivity index (χ2n) is 3.88. The molecule has 0 amide bonds. The van der Waals surface area contributed by atoms with E-state index in [0.29, 0.717) is 21.7 Å². The maximum absolute atomic E-state index is 13.3. The van der Waals surface area contributed by atoms with Crippen LogP contribution in [0.4, 0.5) is 4.39 Å². The molecule has 0 bridgehead atoms. The molecule has 0 saturated carbocycles. The zero-order valence-electron chi connectivity index (χ0n) is 10.0. The zero-order valence-corrected chi connectivity index (χ0v) is 11.6. The molecular weight excluding hydrogens is 299 g/mol. The Bertz CT molecular complexity index is 507. The highest BCUT2D eigenvalue weighted by Crippen LogP contribution is 2.25. The largest absolute Gasteiger partial charge is 0.441 e. The van der Waals surface area contributed by atoms with Crippen LogP contribution in [0.25, 0.3) is 11.3 Å². The van der Waals surface area contributed by atoms with Gasteiger partial charge in [-0.3, -0.25) is 0 Å². The van der Waals surface area contributed by atoms with Crippen LogP contribution in [0.15, 0.2) is 33.3 Å². The molecule has 0 fully saturated rings. The monoisotopic (exact) mass is 312 g/mol. The fourth-order valence-electron chi connectivity index (χ4n) is 1.63. The Balaban J connectivity index is 2.13. The van der Waals surface area contributed by atoms with Crippen molar-refractivity contribution in [1.82, 2.24) is 10.3 Å². The van der Waals surface area contributed by atoms with Gasteiger partial charge in [-0.25, -0.2) is 9.37 Å². The molecule has 1 heterocycles. The van der Waals surface area contributed by atoms with Crippen molar-refractivity contribution in [3.63, 3.8) is 0 Å². The summed E-state index contributed by atoms with van der Waals surface area (Å²) in [5.74, 6) is 0.943. The Morgan fingerprint density at radius 3 is 2.94 bits per heavy atom. The van der Waals surface area contributed by atoms with E-state index in [0.717, 1.165) is 19.5 Å². The summed E-state index contributed by atoms with van der Waals surface area (Å²) in [6.07, 6.45) is 2.35. The minimum absolute atomic E-state index is 0.301. The lowest BCUT2D eigenvalue weighted by molar-refractivity contribution is 0.496. The number of rotatable bonds is 5. The molecule has 2 rings (SSSR count). The van der Waals surface area contributed by atoms with Crippen molar-refractivity contribution >= 4 is 15.9 Å². The standard InChI is InChI=1S/C13H14BrFN2O/c1-2-16-4-3-13-17-8-12(18-13)9-5-10(14)7-11(15)6-9/h5-8,16H,2-4H2,1H3. The van der Waals surface area contributed by atoms with Crippen LogP contribution < -0.4 is 5.32 Å². The first kappa shape index (κ1) is 13.2. The molecule has 0 aliphatic carbocycles. The lowest BCUT2D eigenvalue weighted by Gasteiger charge is -1.99. The number of hydrogen-bond donors (Lipinski definition) is 1. The number of likely N-dealkylation sites (N-methyl/N-ethyl adjacent to an activating group) is 1. The van der Waals surface area contributed by atoms with Crippen molar-refractivity contribution in [2.45, 2.75) is 13.3 Å². The van der Waals surface area contributed by atoms with Crippen molar-refractivity contribution in [2.24, 2.45) is 0 Å². The Hall–Kier alpha value is -1.20. The first-order valence-corrected chi connectivity index (χ1v) is 6.60. The van der Waals surface area contributed by atoms with E-state index in [1.165, 1.54) is 12.1 Å². The first-order chi connectivity index (χ1) is 8.69. The number of nitrogens with zero attached hydrogens (tertiary/aromatic N) is 1. The molecule has 2 aromatic rings. The molecule has 0 atom stereocenters. The van der Waals surface area contributed by atoms with Gasteiger partial charge in [0, 0.05) is 23.0 Å². The number of aromatic nitrogens is 1. The van der Waals surface area contributed by atoms with E-state index in [9.17, 15) is 4.39 Å². The number of hydrogen-bond acceptors (Lipinski definition) is 3. The highest BCUT2D eigenvalue weighted by molar-refractivity contribution is 9.10. The average Bonchev–Trinajstić information content (AvgIpc) is 2.77. The van der Waals surface area contributed by atoms with Gasteiger partial charge in [0.1, 0.15) is 5.82 Å². The Kier molecular flexibility index (Phi) is 4.49. The predicted octanol–water partition coefficient (Wildman–Crippen LogP) is 3.40. The molecule has 5 heteroatoms. The summed E-state index contributed by atoms with van der Waals surface area (Å²) < 4.78 is 19.5. The fraction of sp³-hybridized carbons (Fsp3) is 0.308. The van der Waals surface area contributed by atoms with Crippen LogP contribution in [0.1, 0.15) is 12.8 Å².